The van der Waals surface area contributed by atoms with Gasteiger partial charge < -0.3 is 10.1 Å². The molecule has 5 heteroatoms. The molecule has 2 aromatic rings. The number of hydrogen-bond acceptors (Lipinski definition) is 2. The van der Waals surface area contributed by atoms with E-state index in [0.717, 1.165) is 25.8 Å². The van der Waals surface area contributed by atoms with Gasteiger partial charge in [-0.3, -0.25) is 4.79 Å². The number of carbonyl (C=O) groups is 1. The highest BCUT2D eigenvalue weighted by molar-refractivity contribution is 9.11. The van der Waals surface area contributed by atoms with Crippen LogP contribution < -0.4 is 10.1 Å². The average Bonchev–Trinajstić information content (AvgIpc) is 2.40. The Bertz CT molecular complexity index is 648. The normalized spacial score (nSPS) is 10.3. The number of para-hydroxylation sites is 1. The summed E-state index contributed by atoms with van der Waals surface area (Å²) in [6.45, 7) is 3.85. The first kappa shape index (κ1) is 16.0. The topological polar surface area (TPSA) is 38.3 Å². The number of halogens is 2. The molecule has 1 amide bonds. The van der Waals surface area contributed by atoms with Crippen molar-refractivity contribution in [2.45, 2.75) is 13.8 Å². The van der Waals surface area contributed by atoms with Gasteiger partial charge in [0.25, 0.3) is 5.91 Å². The number of aryl methyl sites for hydroxylation is 2. The van der Waals surface area contributed by atoms with E-state index < -0.39 is 0 Å². The third-order valence-electron chi connectivity index (χ3n) is 2.96. The lowest BCUT2D eigenvalue weighted by molar-refractivity contribution is -0.118. The zero-order chi connectivity index (χ0) is 15.4. The Morgan fingerprint density at radius 2 is 1.86 bits per heavy atom. The van der Waals surface area contributed by atoms with Gasteiger partial charge in [-0.1, -0.05) is 34.1 Å². The van der Waals surface area contributed by atoms with E-state index in [0.29, 0.717) is 5.75 Å². The molecule has 0 heterocycles. The number of ether oxygens (including phenoxy) is 1. The standard InChI is InChI=1S/C16H15Br2NO2/c1-10-5-3-4-6-14(10)19-15(20)9-21-16-11(2)7-12(17)8-13(16)18/h3-8H,9H2,1-2H3,(H,19,20). The third kappa shape index (κ3) is 4.32. The molecule has 1 N–H and O–H groups in total. The molecule has 0 bridgehead atoms. The van der Waals surface area contributed by atoms with E-state index in [1.54, 1.807) is 0 Å². The molecule has 0 spiro atoms. The van der Waals surface area contributed by atoms with Crippen LogP contribution >= 0.6 is 31.9 Å². The van der Waals surface area contributed by atoms with Gasteiger partial charge in [-0.05, 0) is 59.1 Å². The maximum absolute atomic E-state index is 12.0. The zero-order valence-electron chi connectivity index (χ0n) is 11.7. The predicted octanol–water partition coefficient (Wildman–Crippen LogP) is 4.85. The summed E-state index contributed by atoms with van der Waals surface area (Å²) in [4.78, 5) is 12.0. The minimum Gasteiger partial charge on any atom is -0.482 e. The van der Waals surface area contributed by atoms with Gasteiger partial charge in [-0.2, -0.15) is 0 Å². The summed E-state index contributed by atoms with van der Waals surface area (Å²) in [6, 6.07) is 11.5. The SMILES string of the molecule is Cc1ccccc1NC(=O)COc1c(C)cc(Br)cc1Br. The Balaban J connectivity index is 2.01. The first-order chi connectivity index (χ1) is 9.97. The van der Waals surface area contributed by atoms with Crippen molar-refractivity contribution in [3.8, 4) is 5.75 Å². The lowest BCUT2D eigenvalue weighted by atomic mass is 10.2. The van der Waals surface area contributed by atoms with Crippen LogP contribution in [-0.2, 0) is 4.79 Å². The number of benzene rings is 2. The summed E-state index contributed by atoms with van der Waals surface area (Å²) < 4.78 is 7.40. The van der Waals surface area contributed by atoms with Crippen LogP contribution in [-0.4, -0.2) is 12.5 Å². The maximum atomic E-state index is 12.0. The van der Waals surface area contributed by atoms with E-state index in [4.69, 9.17) is 4.74 Å². The molecule has 0 saturated carbocycles. The van der Waals surface area contributed by atoms with Crippen LogP contribution in [0.4, 0.5) is 5.69 Å². The number of nitrogens with one attached hydrogen (secondary N) is 1. The van der Waals surface area contributed by atoms with Gasteiger partial charge in [0.05, 0.1) is 4.47 Å². The zero-order valence-corrected chi connectivity index (χ0v) is 14.9. The fourth-order valence-electron chi connectivity index (χ4n) is 1.91. The van der Waals surface area contributed by atoms with Gasteiger partial charge >= 0.3 is 0 Å². The second-order valence-corrected chi connectivity index (χ2v) is 6.46. The van der Waals surface area contributed by atoms with Crippen molar-refractivity contribution in [1.82, 2.24) is 0 Å². The number of amides is 1. The summed E-state index contributed by atoms with van der Waals surface area (Å²) in [5, 5.41) is 2.84. The van der Waals surface area contributed by atoms with Crippen molar-refractivity contribution in [3.05, 3.63) is 56.5 Å². The molecule has 3 nitrogen and oxygen atoms in total. The quantitative estimate of drug-likeness (QED) is 0.779. The second-order valence-electron chi connectivity index (χ2n) is 4.69. The Hall–Kier alpha value is -1.33. The van der Waals surface area contributed by atoms with Crippen LogP contribution in [0.3, 0.4) is 0 Å². The number of carbonyl (C=O) groups excluding carboxylic acids is 1. The van der Waals surface area contributed by atoms with Crippen LogP contribution in [0.1, 0.15) is 11.1 Å². The van der Waals surface area contributed by atoms with Crippen molar-refractivity contribution in [2.24, 2.45) is 0 Å². The Morgan fingerprint density at radius 3 is 2.52 bits per heavy atom. The number of anilines is 1. The van der Waals surface area contributed by atoms with Crippen LogP contribution in [0.2, 0.25) is 0 Å². The number of rotatable bonds is 4. The maximum Gasteiger partial charge on any atom is 0.262 e. The van der Waals surface area contributed by atoms with Gasteiger partial charge in [0, 0.05) is 10.2 Å². The lowest BCUT2D eigenvalue weighted by Crippen LogP contribution is -2.21. The summed E-state index contributed by atoms with van der Waals surface area (Å²) in [6.07, 6.45) is 0. The van der Waals surface area contributed by atoms with Crippen LogP contribution in [0.25, 0.3) is 0 Å². The molecule has 0 saturated heterocycles. The minimum absolute atomic E-state index is 0.0323. The molecule has 0 aromatic heterocycles. The van der Waals surface area contributed by atoms with Gasteiger partial charge in [0.1, 0.15) is 5.75 Å². The summed E-state index contributed by atoms with van der Waals surface area (Å²) in [7, 11) is 0. The molecule has 2 aromatic carbocycles. The third-order valence-corrected chi connectivity index (χ3v) is 4.01. The highest BCUT2D eigenvalue weighted by atomic mass is 79.9. The summed E-state index contributed by atoms with van der Waals surface area (Å²) in [5.41, 5.74) is 2.78. The monoisotopic (exact) mass is 411 g/mol. The summed E-state index contributed by atoms with van der Waals surface area (Å²) >= 11 is 6.85. The predicted molar refractivity (Wildman–Crippen MR) is 91.9 cm³/mol. The fraction of sp³-hybridized carbons (Fsp3) is 0.188. The van der Waals surface area contributed by atoms with Crippen LogP contribution in [0.15, 0.2) is 45.3 Å². The van der Waals surface area contributed by atoms with Crippen molar-refractivity contribution >= 4 is 43.5 Å². The van der Waals surface area contributed by atoms with Gasteiger partial charge in [0.2, 0.25) is 0 Å². The van der Waals surface area contributed by atoms with E-state index in [1.165, 1.54) is 0 Å². The van der Waals surface area contributed by atoms with E-state index >= 15 is 0 Å². The van der Waals surface area contributed by atoms with Crippen molar-refractivity contribution < 1.29 is 9.53 Å². The molecule has 0 aliphatic carbocycles. The van der Waals surface area contributed by atoms with E-state index in [-0.39, 0.29) is 12.5 Å². The first-order valence-electron chi connectivity index (χ1n) is 6.41. The molecule has 0 atom stereocenters. The molecular formula is C16H15Br2NO2. The molecule has 2 rings (SSSR count). The van der Waals surface area contributed by atoms with Gasteiger partial charge in [-0.25, -0.2) is 0 Å². The van der Waals surface area contributed by atoms with Crippen molar-refractivity contribution in [3.63, 3.8) is 0 Å². The Labute approximate surface area is 141 Å². The molecule has 110 valence electrons. The van der Waals surface area contributed by atoms with Gasteiger partial charge in [0.15, 0.2) is 6.61 Å². The molecule has 0 aliphatic rings. The molecule has 0 radical (unpaired) electrons. The highest BCUT2D eigenvalue weighted by Gasteiger charge is 2.10. The molecular weight excluding hydrogens is 398 g/mol. The van der Waals surface area contributed by atoms with Crippen molar-refractivity contribution in [1.29, 1.82) is 0 Å². The fourth-order valence-corrected chi connectivity index (χ4v) is 3.46. The van der Waals surface area contributed by atoms with Crippen molar-refractivity contribution in [2.75, 3.05) is 11.9 Å². The van der Waals surface area contributed by atoms with E-state index in [1.807, 2.05) is 50.2 Å². The lowest BCUT2D eigenvalue weighted by Gasteiger charge is -2.12. The highest BCUT2D eigenvalue weighted by Crippen LogP contribution is 2.32. The largest absolute Gasteiger partial charge is 0.482 e. The van der Waals surface area contributed by atoms with Crippen LogP contribution in [0.5, 0.6) is 5.75 Å². The van der Waals surface area contributed by atoms with E-state index in [2.05, 4.69) is 37.2 Å². The minimum atomic E-state index is -0.182. The van der Waals surface area contributed by atoms with E-state index in [9.17, 15) is 4.79 Å². The molecule has 0 unspecified atom stereocenters. The number of hydrogen-bond donors (Lipinski definition) is 1. The Morgan fingerprint density at radius 1 is 1.14 bits per heavy atom. The average molecular weight is 413 g/mol. The Kier molecular flexibility index (Phi) is 5.42. The smallest absolute Gasteiger partial charge is 0.262 e. The second kappa shape index (κ2) is 7.09. The van der Waals surface area contributed by atoms with Gasteiger partial charge in [-0.15, -0.1) is 0 Å². The first-order valence-corrected chi connectivity index (χ1v) is 8.00. The summed E-state index contributed by atoms with van der Waals surface area (Å²) in [5.74, 6) is 0.497. The molecule has 0 aliphatic heterocycles. The van der Waals surface area contributed by atoms with Crippen LogP contribution in [0, 0.1) is 13.8 Å². The molecule has 0 fully saturated rings. The molecule has 21 heavy (non-hydrogen) atoms.